The van der Waals surface area contributed by atoms with Crippen LogP contribution in [0.2, 0.25) is 0 Å². The van der Waals surface area contributed by atoms with Crippen molar-refractivity contribution in [3.05, 3.63) is 59.7 Å². The van der Waals surface area contributed by atoms with Gasteiger partial charge in [-0.3, -0.25) is 4.90 Å². The van der Waals surface area contributed by atoms with Gasteiger partial charge >= 0.3 is 0 Å². The van der Waals surface area contributed by atoms with Gasteiger partial charge in [-0.1, -0.05) is 30.3 Å². The third kappa shape index (κ3) is 4.08. The van der Waals surface area contributed by atoms with Gasteiger partial charge in [-0.05, 0) is 36.6 Å². The normalized spacial score (nSPS) is 15.3. The van der Waals surface area contributed by atoms with Crippen molar-refractivity contribution in [2.24, 2.45) is 0 Å². The largest absolute Gasteiger partial charge is 0.497 e. The lowest BCUT2D eigenvalue weighted by atomic mass is 10.1. The summed E-state index contributed by atoms with van der Waals surface area (Å²) in [5.41, 5.74) is 2.05. The van der Waals surface area contributed by atoms with Crippen LogP contribution in [0.5, 0.6) is 11.5 Å². The van der Waals surface area contributed by atoms with Crippen LogP contribution in [0.3, 0.4) is 0 Å². The number of methoxy groups -OCH3 is 2. The standard InChI is InChI=1S/C20H25NO3/c1-23-18-10-11-20(24-2)16(12-18)13-21(17-8-9-17)14-19(22)15-6-4-3-5-7-15/h3-7,10-12,17,19,22H,8-9,13-14H2,1-2H3/t19-/m1/s1. The molecule has 1 aliphatic rings. The Balaban J connectivity index is 1.75. The second-order valence-electron chi connectivity index (χ2n) is 6.26. The molecule has 1 N–H and O–H groups in total. The average molecular weight is 327 g/mol. The summed E-state index contributed by atoms with van der Waals surface area (Å²) in [6, 6.07) is 16.2. The molecule has 1 saturated carbocycles. The van der Waals surface area contributed by atoms with Gasteiger partial charge in [0.05, 0.1) is 20.3 Å². The Labute approximate surface area is 143 Å². The maximum atomic E-state index is 10.6. The van der Waals surface area contributed by atoms with E-state index in [4.69, 9.17) is 9.47 Å². The van der Waals surface area contributed by atoms with Crippen molar-refractivity contribution in [3.8, 4) is 11.5 Å². The van der Waals surface area contributed by atoms with Crippen molar-refractivity contribution in [1.29, 1.82) is 0 Å². The second kappa shape index (κ2) is 7.69. The van der Waals surface area contributed by atoms with Crippen LogP contribution >= 0.6 is 0 Å². The molecule has 0 aromatic heterocycles. The van der Waals surface area contributed by atoms with Gasteiger partial charge in [0.1, 0.15) is 11.5 Å². The van der Waals surface area contributed by atoms with E-state index in [1.807, 2.05) is 48.5 Å². The van der Waals surface area contributed by atoms with E-state index in [1.165, 1.54) is 12.8 Å². The predicted molar refractivity (Wildman–Crippen MR) is 94.4 cm³/mol. The molecule has 0 bridgehead atoms. The molecule has 3 rings (SSSR count). The molecule has 1 aliphatic carbocycles. The molecule has 0 amide bonds. The zero-order chi connectivity index (χ0) is 16.9. The molecule has 2 aromatic rings. The smallest absolute Gasteiger partial charge is 0.123 e. The molecule has 2 aromatic carbocycles. The SMILES string of the molecule is COc1ccc(OC)c(CN(C[C@@H](O)c2ccccc2)C2CC2)c1. The number of hydrogen-bond acceptors (Lipinski definition) is 4. The van der Waals surface area contributed by atoms with Gasteiger partial charge in [-0.25, -0.2) is 0 Å². The summed E-state index contributed by atoms with van der Waals surface area (Å²) in [4.78, 5) is 2.34. The van der Waals surface area contributed by atoms with Crippen LogP contribution in [-0.4, -0.2) is 36.8 Å². The van der Waals surface area contributed by atoms with Crippen LogP contribution < -0.4 is 9.47 Å². The second-order valence-corrected chi connectivity index (χ2v) is 6.26. The van der Waals surface area contributed by atoms with Crippen molar-refractivity contribution in [2.45, 2.75) is 31.5 Å². The maximum Gasteiger partial charge on any atom is 0.123 e. The molecular formula is C20H25NO3. The number of nitrogens with zero attached hydrogens (tertiary/aromatic N) is 1. The average Bonchev–Trinajstić information content (AvgIpc) is 3.46. The van der Waals surface area contributed by atoms with Gasteiger partial charge in [0.25, 0.3) is 0 Å². The highest BCUT2D eigenvalue weighted by molar-refractivity contribution is 5.40. The molecule has 0 heterocycles. The maximum absolute atomic E-state index is 10.6. The molecule has 0 saturated heterocycles. The van der Waals surface area contributed by atoms with Crippen molar-refractivity contribution in [3.63, 3.8) is 0 Å². The fraction of sp³-hybridized carbons (Fsp3) is 0.400. The molecule has 4 heteroatoms. The summed E-state index contributed by atoms with van der Waals surface area (Å²) >= 11 is 0. The highest BCUT2D eigenvalue weighted by atomic mass is 16.5. The van der Waals surface area contributed by atoms with Crippen LogP contribution in [0.1, 0.15) is 30.1 Å². The predicted octanol–water partition coefficient (Wildman–Crippen LogP) is 3.40. The summed E-state index contributed by atoms with van der Waals surface area (Å²) in [5.74, 6) is 1.68. The minimum atomic E-state index is -0.483. The third-order valence-corrected chi connectivity index (χ3v) is 4.52. The Bertz CT molecular complexity index is 655. The summed E-state index contributed by atoms with van der Waals surface area (Å²) in [7, 11) is 3.36. The van der Waals surface area contributed by atoms with Gasteiger partial charge in [0, 0.05) is 24.7 Å². The first kappa shape index (κ1) is 16.8. The number of hydrogen-bond donors (Lipinski definition) is 1. The van der Waals surface area contributed by atoms with E-state index in [-0.39, 0.29) is 0 Å². The van der Waals surface area contributed by atoms with Crippen LogP contribution in [-0.2, 0) is 6.54 Å². The minimum Gasteiger partial charge on any atom is -0.497 e. The first-order valence-electron chi connectivity index (χ1n) is 8.39. The lowest BCUT2D eigenvalue weighted by Crippen LogP contribution is -2.30. The Morgan fingerprint density at radius 1 is 1.08 bits per heavy atom. The minimum absolute atomic E-state index is 0.483. The number of rotatable bonds is 8. The zero-order valence-electron chi connectivity index (χ0n) is 14.3. The molecule has 1 fully saturated rings. The number of ether oxygens (including phenoxy) is 2. The van der Waals surface area contributed by atoms with E-state index in [0.29, 0.717) is 12.6 Å². The summed E-state index contributed by atoms with van der Waals surface area (Å²) in [6.07, 6.45) is 1.89. The van der Waals surface area contributed by atoms with Crippen molar-refractivity contribution in [2.75, 3.05) is 20.8 Å². The quantitative estimate of drug-likeness (QED) is 0.807. The van der Waals surface area contributed by atoms with Gasteiger partial charge in [0.2, 0.25) is 0 Å². The molecule has 0 spiro atoms. The fourth-order valence-electron chi connectivity index (χ4n) is 3.01. The fourth-order valence-corrected chi connectivity index (χ4v) is 3.01. The van der Waals surface area contributed by atoms with Gasteiger partial charge in [-0.2, -0.15) is 0 Å². The number of aliphatic hydroxyl groups excluding tert-OH is 1. The Morgan fingerprint density at radius 2 is 1.83 bits per heavy atom. The Kier molecular flexibility index (Phi) is 5.38. The van der Waals surface area contributed by atoms with Gasteiger partial charge in [0.15, 0.2) is 0 Å². The molecule has 0 aliphatic heterocycles. The first-order valence-corrected chi connectivity index (χ1v) is 8.39. The lowest BCUT2D eigenvalue weighted by molar-refractivity contribution is 0.104. The molecule has 1 atom stereocenters. The van der Waals surface area contributed by atoms with Crippen LogP contribution in [0.4, 0.5) is 0 Å². The zero-order valence-corrected chi connectivity index (χ0v) is 14.3. The summed E-state index contributed by atoms with van der Waals surface area (Å²) < 4.78 is 10.8. The molecular weight excluding hydrogens is 302 g/mol. The molecule has 128 valence electrons. The molecule has 0 radical (unpaired) electrons. The number of aliphatic hydroxyl groups is 1. The van der Waals surface area contributed by atoms with E-state index in [1.54, 1.807) is 14.2 Å². The number of benzene rings is 2. The van der Waals surface area contributed by atoms with Crippen LogP contribution in [0, 0.1) is 0 Å². The van der Waals surface area contributed by atoms with E-state index < -0.39 is 6.10 Å². The van der Waals surface area contributed by atoms with Crippen molar-refractivity contribution < 1.29 is 14.6 Å². The van der Waals surface area contributed by atoms with Crippen LogP contribution in [0.25, 0.3) is 0 Å². The van der Waals surface area contributed by atoms with Gasteiger partial charge in [-0.15, -0.1) is 0 Å². The summed E-state index contributed by atoms with van der Waals surface area (Å²) in [6.45, 7) is 1.37. The topological polar surface area (TPSA) is 41.9 Å². The third-order valence-electron chi connectivity index (χ3n) is 4.52. The van der Waals surface area contributed by atoms with Crippen LogP contribution in [0.15, 0.2) is 48.5 Å². The van der Waals surface area contributed by atoms with E-state index in [9.17, 15) is 5.11 Å². The highest BCUT2D eigenvalue weighted by Gasteiger charge is 2.31. The first-order chi connectivity index (χ1) is 11.7. The van der Waals surface area contributed by atoms with E-state index in [2.05, 4.69) is 4.90 Å². The Morgan fingerprint density at radius 3 is 2.46 bits per heavy atom. The molecule has 24 heavy (non-hydrogen) atoms. The van der Waals surface area contributed by atoms with E-state index >= 15 is 0 Å². The Hall–Kier alpha value is -2.04. The highest BCUT2D eigenvalue weighted by Crippen LogP contribution is 2.33. The monoisotopic (exact) mass is 327 g/mol. The van der Waals surface area contributed by atoms with Crippen molar-refractivity contribution >= 4 is 0 Å². The lowest BCUT2D eigenvalue weighted by Gasteiger charge is -2.26. The molecule has 4 nitrogen and oxygen atoms in total. The summed E-state index contributed by atoms with van der Waals surface area (Å²) in [5, 5.41) is 10.6. The van der Waals surface area contributed by atoms with Gasteiger partial charge < -0.3 is 14.6 Å². The molecule has 0 unspecified atom stereocenters. The van der Waals surface area contributed by atoms with E-state index in [0.717, 1.165) is 29.2 Å². The van der Waals surface area contributed by atoms with Crippen molar-refractivity contribution in [1.82, 2.24) is 4.90 Å².